The summed E-state index contributed by atoms with van der Waals surface area (Å²) in [6.07, 6.45) is 1.98. The van der Waals surface area contributed by atoms with Crippen LogP contribution in [0.4, 0.5) is 0 Å². The highest BCUT2D eigenvalue weighted by atomic mass is 32.2. The van der Waals surface area contributed by atoms with Crippen LogP contribution < -0.4 is 5.73 Å². The highest BCUT2D eigenvalue weighted by molar-refractivity contribution is 7.86. The molecule has 1 atom stereocenters. The van der Waals surface area contributed by atoms with Crippen LogP contribution in [0.2, 0.25) is 0 Å². The summed E-state index contributed by atoms with van der Waals surface area (Å²) >= 11 is 0. The maximum absolute atomic E-state index is 12.3. The Bertz CT molecular complexity index is 369. The van der Waals surface area contributed by atoms with E-state index in [2.05, 4.69) is 6.92 Å². The number of nitrogens with zero attached hydrogens (tertiary/aromatic N) is 2. The molecule has 1 aliphatic heterocycles. The van der Waals surface area contributed by atoms with Gasteiger partial charge in [-0.1, -0.05) is 13.8 Å². The van der Waals surface area contributed by atoms with Crippen molar-refractivity contribution in [1.29, 1.82) is 5.41 Å². The van der Waals surface area contributed by atoms with Crippen LogP contribution in [0.15, 0.2) is 0 Å². The third-order valence-electron chi connectivity index (χ3n) is 2.97. The molecule has 0 aromatic heterocycles. The van der Waals surface area contributed by atoms with Gasteiger partial charge in [0.1, 0.15) is 5.84 Å². The molecule has 0 aromatic rings. The molecule has 0 aromatic carbocycles. The van der Waals surface area contributed by atoms with E-state index in [1.807, 2.05) is 0 Å². The minimum absolute atomic E-state index is 0.0241. The third-order valence-corrected chi connectivity index (χ3v) is 5.00. The molecule has 0 amide bonds. The van der Waals surface area contributed by atoms with E-state index >= 15 is 0 Å². The number of hydrogen-bond acceptors (Lipinski definition) is 3. The molecule has 0 spiro atoms. The van der Waals surface area contributed by atoms with Crippen LogP contribution >= 0.6 is 0 Å². The van der Waals surface area contributed by atoms with Gasteiger partial charge in [-0.2, -0.15) is 17.0 Å². The molecule has 0 saturated carbocycles. The van der Waals surface area contributed by atoms with E-state index < -0.39 is 10.2 Å². The van der Waals surface area contributed by atoms with E-state index in [-0.39, 0.29) is 12.4 Å². The van der Waals surface area contributed by atoms with Crippen LogP contribution in [-0.2, 0) is 10.2 Å². The number of hydrogen-bond donors (Lipinski definition) is 2. The molecule has 6 nitrogen and oxygen atoms in total. The van der Waals surface area contributed by atoms with E-state index in [4.69, 9.17) is 11.1 Å². The SMILES string of the molecule is CCN(CC(=N)N)S(=O)(=O)N1CCCC(C)C1. The Balaban J connectivity index is 2.80. The molecule has 3 N–H and O–H groups in total. The average Bonchev–Trinajstić information content (AvgIpc) is 2.25. The quantitative estimate of drug-likeness (QED) is 0.548. The normalized spacial score (nSPS) is 22.9. The fraction of sp³-hybridized carbons (Fsp3) is 0.900. The topological polar surface area (TPSA) is 90.5 Å². The zero-order valence-corrected chi connectivity index (χ0v) is 11.3. The van der Waals surface area contributed by atoms with Crippen molar-refractivity contribution in [3.63, 3.8) is 0 Å². The molecular weight excluding hydrogens is 240 g/mol. The predicted molar refractivity (Wildman–Crippen MR) is 68.1 cm³/mol. The molecule has 1 fully saturated rings. The van der Waals surface area contributed by atoms with Crippen LogP contribution in [0.1, 0.15) is 26.7 Å². The zero-order chi connectivity index (χ0) is 13.1. The Hall–Kier alpha value is -0.660. The first-order valence-corrected chi connectivity index (χ1v) is 7.35. The highest BCUT2D eigenvalue weighted by Crippen LogP contribution is 2.20. The van der Waals surface area contributed by atoms with Crippen LogP contribution in [0.5, 0.6) is 0 Å². The largest absolute Gasteiger partial charge is 0.387 e. The molecule has 7 heteroatoms. The fourth-order valence-electron chi connectivity index (χ4n) is 2.07. The summed E-state index contributed by atoms with van der Waals surface area (Å²) in [4.78, 5) is 0. The minimum atomic E-state index is -3.46. The van der Waals surface area contributed by atoms with Crippen molar-refractivity contribution in [3.8, 4) is 0 Å². The molecule has 100 valence electrons. The summed E-state index contributed by atoms with van der Waals surface area (Å²) in [5, 5.41) is 7.21. The van der Waals surface area contributed by atoms with E-state index in [9.17, 15) is 8.42 Å². The van der Waals surface area contributed by atoms with Crippen molar-refractivity contribution in [2.24, 2.45) is 11.7 Å². The van der Waals surface area contributed by atoms with Crippen molar-refractivity contribution < 1.29 is 8.42 Å². The molecule has 1 unspecified atom stereocenters. The van der Waals surface area contributed by atoms with E-state index in [0.717, 1.165) is 12.8 Å². The van der Waals surface area contributed by atoms with Crippen LogP contribution in [0.25, 0.3) is 0 Å². The number of nitrogens with one attached hydrogen (secondary N) is 1. The van der Waals surface area contributed by atoms with Gasteiger partial charge in [0.05, 0.1) is 6.54 Å². The van der Waals surface area contributed by atoms with E-state index in [1.54, 1.807) is 6.92 Å². The van der Waals surface area contributed by atoms with Crippen LogP contribution in [0.3, 0.4) is 0 Å². The summed E-state index contributed by atoms with van der Waals surface area (Å²) in [6.45, 7) is 5.27. The van der Waals surface area contributed by atoms with Gasteiger partial charge in [0.15, 0.2) is 0 Å². The standard InChI is InChI=1S/C10H22N4O2S/c1-3-13(8-10(11)12)17(15,16)14-6-4-5-9(2)7-14/h9H,3-8H2,1-2H3,(H3,11,12). The second-order valence-corrected chi connectivity index (χ2v) is 6.49. The molecule has 17 heavy (non-hydrogen) atoms. The lowest BCUT2D eigenvalue weighted by Gasteiger charge is -2.33. The second-order valence-electron chi connectivity index (χ2n) is 4.56. The highest BCUT2D eigenvalue weighted by Gasteiger charge is 2.31. The van der Waals surface area contributed by atoms with Gasteiger partial charge in [-0.25, -0.2) is 0 Å². The van der Waals surface area contributed by atoms with Gasteiger partial charge in [-0.15, -0.1) is 0 Å². The summed E-state index contributed by atoms with van der Waals surface area (Å²) in [6, 6.07) is 0. The van der Waals surface area contributed by atoms with Crippen molar-refractivity contribution >= 4 is 16.0 Å². The van der Waals surface area contributed by atoms with E-state index in [1.165, 1.54) is 8.61 Å². The Morgan fingerprint density at radius 1 is 1.59 bits per heavy atom. The van der Waals surface area contributed by atoms with Gasteiger partial charge in [0.2, 0.25) is 0 Å². The third kappa shape index (κ3) is 3.65. The van der Waals surface area contributed by atoms with E-state index in [0.29, 0.717) is 25.6 Å². The maximum atomic E-state index is 12.3. The Labute approximate surface area is 103 Å². The summed E-state index contributed by atoms with van der Waals surface area (Å²) in [5.41, 5.74) is 5.28. The van der Waals surface area contributed by atoms with Crippen molar-refractivity contribution in [3.05, 3.63) is 0 Å². The lowest BCUT2D eigenvalue weighted by Crippen LogP contribution is -2.49. The first-order valence-electron chi connectivity index (χ1n) is 5.96. The number of likely N-dealkylation sites (N-methyl/N-ethyl adjacent to an activating group) is 1. The smallest absolute Gasteiger partial charge is 0.282 e. The second kappa shape index (κ2) is 5.79. The summed E-state index contributed by atoms with van der Waals surface area (Å²) in [7, 11) is -3.46. The number of piperidine rings is 1. The minimum Gasteiger partial charge on any atom is -0.387 e. The van der Waals surface area contributed by atoms with Crippen LogP contribution in [-0.4, -0.2) is 49.0 Å². The molecule has 1 heterocycles. The van der Waals surface area contributed by atoms with Crippen molar-refractivity contribution in [1.82, 2.24) is 8.61 Å². The predicted octanol–water partition coefficient (Wildman–Crippen LogP) is 0.221. The summed E-state index contributed by atoms with van der Waals surface area (Å²) < 4.78 is 27.4. The Morgan fingerprint density at radius 2 is 2.24 bits per heavy atom. The van der Waals surface area contributed by atoms with Gasteiger partial charge in [0.25, 0.3) is 10.2 Å². The molecule has 0 bridgehead atoms. The lowest BCUT2D eigenvalue weighted by atomic mass is 10.0. The molecular formula is C10H22N4O2S. The molecule has 0 radical (unpaired) electrons. The van der Waals surface area contributed by atoms with Gasteiger partial charge in [-0.05, 0) is 18.8 Å². The van der Waals surface area contributed by atoms with Gasteiger partial charge < -0.3 is 5.73 Å². The molecule has 1 aliphatic rings. The molecule has 0 aliphatic carbocycles. The number of rotatable bonds is 5. The van der Waals surface area contributed by atoms with Crippen LogP contribution in [0, 0.1) is 11.3 Å². The number of amidine groups is 1. The monoisotopic (exact) mass is 262 g/mol. The maximum Gasteiger partial charge on any atom is 0.282 e. The summed E-state index contributed by atoms with van der Waals surface area (Å²) in [5.74, 6) is 0.273. The van der Waals surface area contributed by atoms with Crippen molar-refractivity contribution in [2.45, 2.75) is 26.7 Å². The van der Waals surface area contributed by atoms with Gasteiger partial charge in [-0.3, -0.25) is 5.41 Å². The number of nitrogens with two attached hydrogens (primary N) is 1. The molecule has 1 rings (SSSR count). The zero-order valence-electron chi connectivity index (χ0n) is 10.5. The first-order chi connectivity index (χ1) is 7.87. The Kier molecular flexibility index (Phi) is 4.91. The molecule has 1 saturated heterocycles. The lowest BCUT2D eigenvalue weighted by molar-refractivity contribution is 0.263. The fourth-order valence-corrected chi connectivity index (χ4v) is 3.82. The van der Waals surface area contributed by atoms with Gasteiger partial charge in [0, 0.05) is 19.6 Å². The average molecular weight is 262 g/mol. The van der Waals surface area contributed by atoms with Crippen molar-refractivity contribution in [2.75, 3.05) is 26.2 Å². The Morgan fingerprint density at radius 3 is 2.71 bits per heavy atom. The first kappa shape index (κ1) is 14.4. The van der Waals surface area contributed by atoms with Gasteiger partial charge >= 0.3 is 0 Å².